The summed E-state index contributed by atoms with van der Waals surface area (Å²) in [5.41, 5.74) is 8.02. The molecule has 8 heteroatoms. The van der Waals surface area contributed by atoms with E-state index < -0.39 is 5.91 Å². The fourth-order valence-electron chi connectivity index (χ4n) is 2.90. The van der Waals surface area contributed by atoms with Gasteiger partial charge >= 0.3 is 0 Å². The minimum absolute atomic E-state index is 0.150. The van der Waals surface area contributed by atoms with Gasteiger partial charge in [0.25, 0.3) is 5.91 Å². The van der Waals surface area contributed by atoms with Crippen molar-refractivity contribution in [2.75, 3.05) is 11.1 Å². The second kappa shape index (κ2) is 8.34. The summed E-state index contributed by atoms with van der Waals surface area (Å²) in [5.74, 6) is 0.00168. The molecule has 150 valence electrons. The highest BCUT2D eigenvalue weighted by Crippen LogP contribution is 2.27. The highest BCUT2D eigenvalue weighted by Gasteiger charge is 2.13. The first-order valence-corrected chi connectivity index (χ1v) is 9.36. The van der Waals surface area contributed by atoms with Gasteiger partial charge in [0.2, 0.25) is 0 Å². The van der Waals surface area contributed by atoms with Gasteiger partial charge in [0.15, 0.2) is 0 Å². The largest absolute Gasteiger partial charge is 0.487 e. The van der Waals surface area contributed by atoms with Gasteiger partial charge in [-0.1, -0.05) is 23.7 Å². The van der Waals surface area contributed by atoms with Crippen molar-refractivity contribution < 1.29 is 13.9 Å². The van der Waals surface area contributed by atoms with Gasteiger partial charge in [0.1, 0.15) is 30.3 Å². The highest BCUT2D eigenvalue weighted by molar-refractivity contribution is 6.32. The van der Waals surface area contributed by atoms with Crippen LogP contribution in [0.1, 0.15) is 15.9 Å². The molecule has 0 atom stereocenters. The summed E-state index contributed by atoms with van der Waals surface area (Å²) in [5, 5.41) is 3.64. The number of nitrogens with one attached hydrogen (secondary N) is 1. The lowest BCUT2D eigenvalue weighted by atomic mass is 10.2. The molecule has 0 unspecified atom stereocenters. The molecule has 0 spiro atoms. The van der Waals surface area contributed by atoms with Gasteiger partial charge in [-0.05, 0) is 54.1 Å². The average Bonchev–Trinajstić information content (AvgIpc) is 2.73. The van der Waals surface area contributed by atoms with Crippen LogP contribution in [0.15, 0.2) is 67.0 Å². The molecule has 0 aliphatic carbocycles. The van der Waals surface area contributed by atoms with Gasteiger partial charge in [-0.25, -0.2) is 14.4 Å². The van der Waals surface area contributed by atoms with E-state index in [1.54, 1.807) is 42.5 Å². The van der Waals surface area contributed by atoms with E-state index in [9.17, 15) is 9.18 Å². The molecule has 4 rings (SSSR count). The van der Waals surface area contributed by atoms with Crippen LogP contribution in [0.4, 0.5) is 15.9 Å². The van der Waals surface area contributed by atoms with Crippen molar-refractivity contribution in [3.05, 3.63) is 89.0 Å². The Morgan fingerprint density at radius 2 is 1.97 bits per heavy atom. The Kier molecular flexibility index (Phi) is 5.45. The molecule has 3 aromatic carbocycles. The Morgan fingerprint density at radius 3 is 2.77 bits per heavy atom. The molecule has 3 N–H and O–H groups in total. The standard InChI is InChI=1S/C22H16ClFN4O2/c23-18-9-14(4-7-20(18)30-11-13-2-1-3-15(24)8-13)22(29)28-21-17-10-16(25)5-6-19(17)26-12-27-21/h1-10,12H,11,25H2,(H,26,27,28,29). The van der Waals surface area contributed by atoms with Crippen LogP contribution in [-0.2, 0) is 6.61 Å². The predicted octanol–water partition coefficient (Wildman–Crippen LogP) is 4.84. The van der Waals surface area contributed by atoms with Crippen molar-refractivity contribution in [2.24, 2.45) is 0 Å². The number of carbonyl (C=O) groups is 1. The zero-order chi connectivity index (χ0) is 21.1. The number of amides is 1. The van der Waals surface area contributed by atoms with Gasteiger partial charge in [-0.15, -0.1) is 0 Å². The average molecular weight is 423 g/mol. The van der Waals surface area contributed by atoms with Crippen molar-refractivity contribution in [1.29, 1.82) is 0 Å². The van der Waals surface area contributed by atoms with Crippen LogP contribution in [0.3, 0.4) is 0 Å². The van der Waals surface area contributed by atoms with E-state index >= 15 is 0 Å². The minimum Gasteiger partial charge on any atom is -0.487 e. The minimum atomic E-state index is -0.393. The molecule has 0 saturated heterocycles. The summed E-state index contributed by atoms with van der Waals surface area (Å²) in [6.45, 7) is 0.150. The van der Waals surface area contributed by atoms with Gasteiger partial charge in [0.05, 0.1) is 10.5 Å². The number of halogens is 2. The van der Waals surface area contributed by atoms with Gasteiger partial charge in [0, 0.05) is 16.6 Å². The molecule has 4 aromatic rings. The summed E-state index contributed by atoms with van der Waals surface area (Å²) in [7, 11) is 0. The number of anilines is 2. The number of carbonyl (C=O) groups excluding carboxylic acids is 1. The van der Waals surface area contributed by atoms with Crippen molar-refractivity contribution in [1.82, 2.24) is 9.97 Å². The molecule has 0 aliphatic heterocycles. The molecule has 30 heavy (non-hydrogen) atoms. The Morgan fingerprint density at radius 1 is 1.10 bits per heavy atom. The number of ether oxygens (including phenoxy) is 1. The Bertz CT molecular complexity index is 1250. The number of benzene rings is 3. The Hall–Kier alpha value is -3.71. The fourth-order valence-corrected chi connectivity index (χ4v) is 3.14. The number of nitrogens with two attached hydrogens (primary N) is 1. The fraction of sp³-hybridized carbons (Fsp3) is 0.0455. The van der Waals surface area contributed by atoms with E-state index in [-0.39, 0.29) is 17.4 Å². The van der Waals surface area contributed by atoms with Crippen LogP contribution < -0.4 is 15.8 Å². The number of nitrogens with zero attached hydrogens (tertiary/aromatic N) is 2. The first kappa shape index (κ1) is 19.6. The topological polar surface area (TPSA) is 90.1 Å². The lowest BCUT2D eigenvalue weighted by molar-refractivity contribution is 0.102. The maximum atomic E-state index is 13.3. The molecule has 1 amide bonds. The molecule has 1 aromatic heterocycles. The van der Waals surface area contributed by atoms with Gasteiger partial charge in [-0.3, -0.25) is 4.79 Å². The third-order valence-corrected chi connectivity index (χ3v) is 4.66. The zero-order valence-corrected chi connectivity index (χ0v) is 16.4. The molecule has 1 heterocycles. The molecule has 6 nitrogen and oxygen atoms in total. The molecule has 0 radical (unpaired) electrons. The van der Waals surface area contributed by atoms with E-state index in [0.717, 1.165) is 0 Å². The van der Waals surface area contributed by atoms with E-state index in [2.05, 4.69) is 15.3 Å². The molecular formula is C22H16ClFN4O2. The maximum Gasteiger partial charge on any atom is 0.256 e. The Balaban J connectivity index is 1.50. The van der Waals surface area contributed by atoms with Gasteiger partial charge < -0.3 is 15.8 Å². The number of fused-ring (bicyclic) bond motifs is 1. The van der Waals surface area contributed by atoms with Crippen molar-refractivity contribution in [3.8, 4) is 5.75 Å². The number of nitrogen functional groups attached to an aromatic ring is 1. The van der Waals surface area contributed by atoms with E-state index in [4.69, 9.17) is 22.1 Å². The van der Waals surface area contributed by atoms with Crippen LogP contribution in [0, 0.1) is 5.82 Å². The summed E-state index contributed by atoms with van der Waals surface area (Å²) >= 11 is 6.27. The maximum absolute atomic E-state index is 13.3. The molecule has 0 saturated carbocycles. The SMILES string of the molecule is Nc1ccc2ncnc(NC(=O)c3ccc(OCc4cccc(F)c4)c(Cl)c3)c2c1. The molecule has 0 aliphatic rings. The highest BCUT2D eigenvalue weighted by atomic mass is 35.5. The quantitative estimate of drug-likeness (QED) is 0.449. The van der Waals surface area contributed by atoms with Crippen LogP contribution in [0.2, 0.25) is 5.02 Å². The normalized spacial score (nSPS) is 10.7. The summed E-state index contributed by atoms with van der Waals surface area (Å²) in [6, 6.07) is 15.9. The van der Waals surface area contributed by atoms with Crippen molar-refractivity contribution >= 4 is 39.9 Å². The predicted molar refractivity (Wildman–Crippen MR) is 114 cm³/mol. The molecule has 0 bridgehead atoms. The number of aromatic nitrogens is 2. The first-order chi connectivity index (χ1) is 14.5. The van der Waals surface area contributed by atoms with E-state index in [1.807, 2.05) is 0 Å². The smallest absolute Gasteiger partial charge is 0.256 e. The number of rotatable bonds is 5. The van der Waals surface area contributed by atoms with E-state index in [1.165, 1.54) is 24.5 Å². The summed E-state index contributed by atoms with van der Waals surface area (Å²) in [6.07, 6.45) is 1.37. The molecular weight excluding hydrogens is 407 g/mol. The first-order valence-electron chi connectivity index (χ1n) is 8.98. The zero-order valence-electron chi connectivity index (χ0n) is 15.6. The second-order valence-electron chi connectivity index (χ2n) is 6.52. The molecule has 0 fully saturated rings. The van der Waals surface area contributed by atoms with Crippen LogP contribution >= 0.6 is 11.6 Å². The van der Waals surface area contributed by atoms with Crippen molar-refractivity contribution in [2.45, 2.75) is 6.61 Å². The van der Waals surface area contributed by atoms with Gasteiger partial charge in [-0.2, -0.15) is 0 Å². The number of hydrogen-bond acceptors (Lipinski definition) is 5. The van der Waals surface area contributed by atoms with E-state index in [0.29, 0.717) is 39.3 Å². The van der Waals surface area contributed by atoms with Crippen molar-refractivity contribution in [3.63, 3.8) is 0 Å². The second-order valence-corrected chi connectivity index (χ2v) is 6.92. The summed E-state index contributed by atoms with van der Waals surface area (Å²) in [4.78, 5) is 21.0. The third kappa shape index (κ3) is 4.31. The lowest BCUT2D eigenvalue weighted by Crippen LogP contribution is -2.13. The van der Waals surface area contributed by atoms with Crippen LogP contribution in [0.25, 0.3) is 10.9 Å². The van der Waals surface area contributed by atoms with Crippen LogP contribution in [0.5, 0.6) is 5.75 Å². The lowest BCUT2D eigenvalue weighted by Gasteiger charge is -2.11. The van der Waals surface area contributed by atoms with Crippen LogP contribution in [-0.4, -0.2) is 15.9 Å². The monoisotopic (exact) mass is 422 g/mol. The number of hydrogen-bond donors (Lipinski definition) is 2. The third-order valence-electron chi connectivity index (χ3n) is 4.37. The Labute approximate surface area is 176 Å². The summed E-state index contributed by atoms with van der Waals surface area (Å²) < 4.78 is 18.9.